The summed E-state index contributed by atoms with van der Waals surface area (Å²) >= 11 is 3.57. The summed E-state index contributed by atoms with van der Waals surface area (Å²) < 4.78 is 27.0. The Morgan fingerprint density at radius 2 is 2.22 bits per heavy atom. The van der Waals surface area contributed by atoms with E-state index in [1.54, 1.807) is 30.1 Å². The van der Waals surface area contributed by atoms with Gasteiger partial charge >= 0.3 is 0 Å². The second-order valence-electron chi connectivity index (χ2n) is 7.74. The maximum atomic E-state index is 13.7. The highest BCUT2D eigenvalue weighted by molar-refractivity contribution is 9.10. The molecule has 3 N–H and O–H groups in total. The van der Waals surface area contributed by atoms with E-state index in [1.165, 1.54) is 12.1 Å². The monoisotopic (exact) mass is 500 g/mol. The number of methoxy groups -OCH3 is 1. The first-order valence-electron chi connectivity index (χ1n) is 10.3. The third-order valence-corrected chi connectivity index (χ3v) is 6.65. The minimum atomic E-state index is -0.307. The first kappa shape index (κ1) is 21.2. The number of hydrogen-bond donors (Lipinski definition) is 2. The largest absolute Gasteiger partial charge is 0.383 e. The molecule has 2 atom stereocenters. The van der Waals surface area contributed by atoms with Gasteiger partial charge in [0.25, 0.3) is 0 Å². The average Bonchev–Trinajstić information content (AvgIpc) is 3.24. The van der Waals surface area contributed by atoms with Gasteiger partial charge in [-0.25, -0.2) is 9.37 Å². The number of ether oxygens (including phenoxy) is 2. The third-order valence-electron chi connectivity index (χ3n) is 5.78. The molecule has 0 spiro atoms. The lowest BCUT2D eigenvalue weighted by atomic mass is 10.1. The van der Waals surface area contributed by atoms with Crippen LogP contribution >= 0.6 is 15.9 Å². The van der Waals surface area contributed by atoms with E-state index in [9.17, 15) is 4.39 Å². The van der Waals surface area contributed by atoms with Gasteiger partial charge in [0.15, 0.2) is 5.65 Å². The topological polar surface area (TPSA) is 99.6 Å². The molecule has 1 saturated heterocycles. The van der Waals surface area contributed by atoms with Gasteiger partial charge in [0, 0.05) is 49.0 Å². The molecule has 8 nitrogen and oxygen atoms in total. The van der Waals surface area contributed by atoms with Gasteiger partial charge in [-0.1, -0.05) is 0 Å². The molecule has 10 heteroatoms. The van der Waals surface area contributed by atoms with Crippen molar-refractivity contribution in [1.29, 1.82) is 0 Å². The van der Waals surface area contributed by atoms with Crippen molar-refractivity contribution >= 4 is 38.3 Å². The van der Waals surface area contributed by atoms with Crippen LogP contribution in [0.5, 0.6) is 0 Å². The zero-order chi connectivity index (χ0) is 22.2. The molecular formula is C22H22BrFN6O2. The highest BCUT2D eigenvalue weighted by Crippen LogP contribution is 2.31. The number of anilines is 1. The summed E-state index contributed by atoms with van der Waals surface area (Å²) in [5, 5.41) is 8.63. The van der Waals surface area contributed by atoms with E-state index < -0.39 is 0 Å². The molecule has 0 saturated carbocycles. The normalized spacial score (nSPS) is 19.1. The minimum absolute atomic E-state index is 0.0156. The van der Waals surface area contributed by atoms with Crippen molar-refractivity contribution in [3.05, 3.63) is 52.6 Å². The molecule has 4 aromatic rings. The zero-order valence-electron chi connectivity index (χ0n) is 17.4. The fraction of sp³-hybridized carbons (Fsp3) is 0.318. The lowest BCUT2D eigenvalue weighted by Gasteiger charge is -2.31. The van der Waals surface area contributed by atoms with E-state index in [4.69, 9.17) is 20.2 Å². The number of benzene rings is 1. The number of nitrogens with zero attached hydrogens (tertiary/aromatic N) is 4. The summed E-state index contributed by atoms with van der Waals surface area (Å²) in [7, 11) is 1.69. The van der Waals surface area contributed by atoms with Gasteiger partial charge in [-0.15, -0.1) is 0 Å². The third kappa shape index (κ3) is 3.83. The average molecular weight is 501 g/mol. The number of fused-ring (bicyclic) bond motifs is 2. The molecule has 166 valence electrons. The summed E-state index contributed by atoms with van der Waals surface area (Å²) in [4.78, 5) is 9.29. The van der Waals surface area contributed by atoms with E-state index >= 15 is 0 Å². The zero-order valence-corrected chi connectivity index (χ0v) is 19.0. The maximum absolute atomic E-state index is 13.7. The fourth-order valence-electron chi connectivity index (χ4n) is 4.02. The molecular weight excluding hydrogens is 479 g/mol. The molecule has 3 aromatic heterocycles. The molecule has 1 aliphatic heterocycles. The van der Waals surface area contributed by atoms with Crippen LogP contribution in [-0.4, -0.2) is 52.1 Å². The summed E-state index contributed by atoms with van der Waals surface area (Å²) in [5.41, 5.74) is 10.0. The Morgan fingerprint density at radius 3 is 3.06 bits per heavy atom. The Bertz CT molecular complexity index is 1300. The van der Waals surface area contributed by atoms with Crippen LogP contribution in [-0.2, 0) is 16.0 Å². The molecule has 0 bridgehead atoms. The molecule has 0 aliphatic carbocycles. The molecule has 2 unspecified atom stereocenters. The standard InChI is InChI=1S/C22H22BrFN6O2/c1-31-19-11-32-5-4-17(19)27-10-18-20(23)21(25)30-22(29-18)15(9-28-30)13-6-12-7-14(24)2-3-16(12)26-8-13/h2-3,6-9,17,19,27H,4-5,10-11,25H2,1H3. The number of hydrogen-bond acceptors (Lipinski definition) is 7. The number of nitrogens with two attached hydrogens (primary N) is 1. The van der Waals surface area contributed by atoms with Crippen molar-refractivity contribution in [2.75, 3.05) is 26.1 Å². The first-order valence-corrected chi connectivity index (χ1v) is 11.1. The van der Waals surface area contributed by atoms with Crippen LogP contribution in [0.25, 0.3) is 27.7 Å². The van der Waals surface area contributed by atoms with Crippen molar-refractivity contribution in [3.8, 4) is 11.1 Å². The lowest BCUT2D eigenvalue weighted by molar-refractivity contribution is -0.0502. The van der Waals surface area contributed by atoms with Crippen molar-refractivity contribution < 1.29 is 13.9 Å². The SMILES string of the molecule is COC1COCCC1NCc1nc2c(-c3cnc4ccc(F)cc4c3)cnn2c(N)c1Br. The van der Waals surface area contributed by atoms with Crippen molar-refractivity contribution in [2.24, 2.45) is 0 Å². The molecule has 32 heavy (non-hydrogen) atoms. The van der Waals surface area contributed by atoms with Gasteiger partial charge in [-0.3, -0.25) is 4.98 Å². The summed E-state index contributed by atoms with van der Waals surface area (Å²) in [5.74, 6) is 0.145. The van der Waals surface area contributed by atoms with Crippen molar-refractivity contribution in [1.82, 2.24) is 24.9 Å². The smallest absolute Gasteiger partial charge is 0.165 e. The van der Waals surface area contributed by atoms with Crippen LogP contribution in [0.2, 0.25) is 0 Å². The summed E-state index contributed by atoms with van der Waals surface area (Å²) in [6, 6.07) is 6.56. The van der Waals surface area contributed by atoms with E-state index in [0.29, 0.717) is 41.1 Å². The van der Waals surface area contributed by atoms with E-state index in [0.717, 1.165) is 28.8 Å². The molecule has 1 aromatic carbocycles. The van der Waals surface area contributed by atoms with Gasteiger partial charge in [0.05, 0.1) is 34.6 Å². The van der Waals surface area contributed by atoms with Crippen LogP contribution in [0.1, 0.15) is 12.1 Å². The molecule has 0 amide bonds. The predicted molar refractivity (Wildman–Crippen MR) is 123 cm³/mol. The highest BCUT2D eigenvalue weighted by atomic mass is 79.9. The Hall–Kier alpha value is -2.66. The second kappa shape index (κ2) is 8.70. The summed E-state index contributed by atoms with van der Waals surface area (Å²) in [6.45, 7) is 1.75. The van der Waals surface area contributed by atoms with Crippen LogP contribution in [0.15, 0.2) is 41.1 Å². The minimum Gasteiger partial charge on any atom is -0.383 e. The first-order chi connectivity index (χ1) is 15.5. The molecule has 1 fully saturated rings. The molecule has 1 aliphatic rings. The van der Waals surface area contributed by atoms with E-state index in [-0.39, 0.29) is 18.0 Å². The van der Waals surface area contributed by atoms with Gasteiger partial charge in [-0.05, 0) is 46.6 Å². The second-order valence-corrected chi connectivity index (χ2v) is 8.53. The van der Waals surface area contributed by atoms with Crippen LogP contribution in [0.4, 0.5) is 10.2 Å². The van der Waals surface area contributed by atoms with Gasteiger partial charge < -0.3 is 20.5 Å². The van der Waals surface area contributed by atoms with E-state index in [2.05, 4.69) is 31.3 Å². The van der Waals surface area contributed by atoms with Crippen molar-refractivity contribution in [3.63, 3.8) is 0 Å². The number of nitrogens with one attached hydrogen (secondary N) is 1. The van der Waals surface area contributed by atoms with Crippen LogP contribution in [0, 0.1) is 5.82 Å². The Kier molecular flexibility index (Phi) is 5.76. The number of pyridine rings is 1. The van der Waals surface area contributed by atoms with Gasteiger partial charge in [-0.2, -0.15) is 9.61 Å². The quantitative estimate of drug-likeness (QED) is 0.433. The number of halogens is 2. The van der Waals surface area contributed by atoms with E-state index in [1.807, 2.05) is 6.07 Å². The lowest BCUT2D eigenvalue weighted by Crippen LogP contribution is -2.47. The molecule has 4 heterocycles. The van der Waals surface area contributed by atoms with Gasteiger partial charge in [0.1, 0.15) is 11.6 Å². The number of rotatable bonds is 5. The number of nitrogen functional groups attached to an aromatic ring is 1. The maximum Gasteiger partial charge on any atom is 0.165 e. The Balaban J connectivity index is 1.51. The van der Waals surface area contributed by atoms with Crippen LogP contribution in [0.3, 0.4) is 0 Å². The van der Waals surface area contributed by atoms with Crippen molar-refractivity contribution in [2.45, 2.75) is 25.1 Å². The molecule has 0 radical (unpaired) electrons. The summed E-state index contributed by atoms with van der Waals surface area (Å²) in [6.07, 6.45) is 4.27. The Labute approximate surface area is 192 Å². The van der Waals surface area contributed by atoms with Gasteiger partial charge in [0.2, 0.25) is 0 Å². The fourth-order valence-corrected chi connectivity index (χ4v) is 4.42. The molecule has 5 rings (SSSR count). The Morgan fingerprint density at radius 1 is 1.34 bits per heavy atom. The number of aromatic nitrogens is 4. The highest BCUT2D eigenvalue weighted by Gasteiger charge is 2.26. The van der Waals surface area contributed by atoms with Crippen LogP contribution < -0.4 is 11.1 Å². The predicted octanol–water partition coefficient (Wildman–Crippen LogP) is 3.32.